The Kier molecular flexibility index (Phi) is 6.66. The Morgan fingerprint density at radius 2 is 1.02 bits per heavy atom. The van der Waals surface area contributed by atoms with Crippen molar-refractivity contribution in [2.45, 2.75) is 0 Å². The summed E-state index contributed by atoms with van der Waals surface area (Å²) in [7, 11) is 0. The predicted molar refractivity (Wildman–Crippen MR) is 244 cm³/mol. The van der Waals surface area contributed by atoms with E-state index in [1.807, 2.05) is 6.07 Å². The van der Waals surface area contributed by atoms with Crippen LogP contribution in [0.2, 0.25) is 0 Å². The molecule has 0 fully saturated rings. The van der Waals surface area contributed by atoms with Crippen molar-refractivity contribution in [3.8, 4) is 34.0 Å². The summed E-state index contributed by atoms with van der Waals surface area (Å²) in [6.07, 6.45) is 0. The van der Waals surface area contributed by atoms with Crippen LogP contribution >= 0.6 is 0 Å². The van der Waals surface area contributed by atoms with Crippen LogP contribution in [0.15, 0.2) is 199 Å². The molecule has 0 aliphatic heterocycles. The largest absolute Gasteiger partial charge is 0.455 e. The van der Waals surface area contributed by atoms with Gasteiger partial charge in [0, 0.05) is 43.3 Å². The van der Waals surface area contributed by atoms with E-state index in [0.29, 0.717) is 5.95 Å². The molecule has 0 saturated heterocycles. The molecule has 0 aliphatic rings. The third-order valence-corrected chi connectivity index (χ3v) is 12.1. The number of hydrogen-bond acceptors (Lipinski definition) is 3. The molecule has 0 saturated carbocycles. The highest BCUT2D eigenvalue weighted by atomic mass is 16.3. The van der Waals surface area contributed by atoms with Crippen molar-refractivity contribution in [3.05, 3.63) is 194 Å². The molecule has 0 bridgehead atoms. The third kappa shape index (κ3) is 4.61. The number of fused-ring (bicyclic) bond motifs is 13. The zero-order valence-electron chi connectivity index (χ0n) is 31.7. The summed E-state index contributed by atoms with van der Waals surface area (Å²) in [5, 5.41) is 10.0. The fourth-order valence-corrected chi connectivity index (χ4v) is 9.51. The summed E-state index contributed by atoms with van der Waals surface area (Å²) in [5.41, 5.74) is 12.3. The van der Waals surface area contributed by atoms with Gasteiger partial charge in [-0.05, 0) is 52.9 Å². The molecule has 0 unspecified atom stereocenters. The van der Waals surface area contributed by atoms with Crippen molar-refractivity contribution in [1.82, 2.24) is 19.1 Å². The van der Waals surface area contributed by atoms with Crippen LogP contribution in [-0.4, -0.2) is 19.1 Å². The third-order valence-electron chi connectivity index (χ3n) is 12.1. The summed E-state index contributed by atoms with van der Waals surface area (Å²) in [4.78, 5) is 10.9. The van der Waals surface area contributed by atoms with Crippen molar-refractivity contribution < 1.29 is 4.42 Å². The zero-order valence-corrected chi connectivity index (χ0v) is 31.7. The van der Waals surface area contributed by atoms with E-state index in [1.165, 1.54) is 16.3 Å². The molecule has 0 N–H and O–H groups in total. The first-order valence-corrected chi connectivity index (χ1v) is 20.0. The lowest BCUT2D eigenvalue weighted by atomic mass is 10.0. The Labute approximate surface area is 337 Å². The Morgan fingerprint density at radius 1 is 0.373 bits per heavy atom. The van der Waals surface area contributed by atoms with E-state index in [1.54, 1.807) is 0 Å². The molecule has 274 valence electrons. The fourth-order valence-electron chi connectivity index (χ4n) is 9.51. The summed E-state index contributed by atoms with van der Waals surface area (Å²) in [6, 6.07) is 68.8. The Hall–Kier alpha value is -8.02. The molecule has 4 heterocycles. The normalized spacial score (nSPS) is 12.1. The molecule has 5 heteroatoms. The van der Waals surface area contributed by atoms with Crippen molar-refractivity contribution >= 4 is 87.2 Å². The van der Waals surface area contributed by atoms with Gasteiger partial charge in [-0.1, -0.05) is 158 Å². The van der Waals surface area contributed by atoms with Crippen molar-refractivity contribution in [2.75, 3.05) is 0 Å². The Bertz CT molecular complexity index is 3830. The van der Waals surface area contributed by atoms with Crippen LogP contribution in [0, 0.1) is 0 Å². The number of nitrogens with zero attached hydrogens (tertiary/aromatic N) is 4. The quantitative estimate of drug-likeness (QED) is 0.180. The molecule has 0 amide bonds. The second-order valence-electron chi connectivity index (χ2n) is 15.3. The smallest absolute Gasteiger partial charge is 0.235 e. The summed E-state index contributed by atoms with van der Waals surface area (Å²) in [5.74, 6) is 0.619. The highest BCUT2D eigenvalue weighted by molar-refractivity contribution is 6.29. The zero-order chi connectivity index (χ0) is 38.6. The standard InChI is InChI=1S/C54H32N4O/c1-2-13-33(14-3-1)34-25-27-36(28-26-34)50-42-20-6-9-21-44(42)55-54(56-50)58-46-22-10-7-18-38(46)40-29-30-43-49-47(32-31-41-39-19-8-11-24-48(39)59-53(41)49)57(52(43)51(40)58)45-23-12-16-35-15-4-5-17-37(35)45/h1-32H. The molecule has 0 aliphatic carbocycles. The number of aromatic nitrogens is 4. The first kappa shape index (κ1) is 32.1. The molecule has 13 rings (SSSR count). The SMILES string of the molecule is c1ccc(-c2ccc(-c3nc(-n4c5ccccc5c5ccc6c7c8oc9ccccc9c8ccc7n(-c7cccc8ccccc78)c6c54)nc4ccccc34)cc2)cc1. The minimum Gasteiger partial charge on any atom is -0.455 e. The van der Waals surface area contributed by atoms with Gasteiger partial charge in [-0.15, -0.1) is 0 Å². The number of para-hydroxylation sites is 3. The fraction of sp³-hybridized carbons (Fsp3) is 0. The second kappa shape index (κ2) is 12.2. The van der Waals surface area contributed by atoms with E-state index in [9.17, 15) is 0 Å². The minimum atomic E-state index is 0.619. The van der Waals surface area contributed by atoms with E-state index >= 15 is 0 Å². The van der Waals surface area contributed by atoms with Gasteiger partial charge in [0.05, 0.1) is 44.4 Å². The van der Waals surface area contributed by atoms with Gasteiger partial charge in [-0.3, -0.25) is 4.57 Å². The van der Waals surface area contributed by atoms with Crippen LogP contribution in [0.1, 0.15) is 0 Å². The number of hydrogen-bond donors (Lipinski definition) is 0. The van der Waals surface area contributed by atoms with Gasteiger partial charge >= 0.3 is 0 Å². The topological polar surface area (TPSA) is 48.8 Å². The van der Waals surface area contributed by atoms with E-state index in [2.05, 4.69) is 197 Å². The van der Waals surface area contributed by atoms with E-state index < -0.39 is 0 Å². The summed E-state index contributed by atoms with van der Waals surface area (Å²) >= 11 is 0. The molecule has 0 spiro atoms. The maximum absolute atomic E-state index is 6.80. The molecule has 59 heavy (non-hydrogen) atoms. The maximum atomic E-state index is 6.80. The van der Waals surface area contributed by atoms with Crippen molar-refractivity contribution in [1.29, 1.82) is 0 Å². The summed E-state index contributed by atoms with van der Waals surface area (Å²) < 4.78 is 11.5. The molecular weight excluding hydrogens is 721 g/mol. The van der Waals surface area contributed by atoms with Gasteiger partial charge in [-0.2, -0.15) is 0 Å². The monoisotopic (exact) mass is 752 g/mol. The lowest BCUT2D eigenvalue weighted by Gasteiger charge is -2.15. The van der Waals surface area contributed by atoms with E-state index in [-0.39, 0.29) is 0 Å². The lowest BCUT2D eigenvalue weighted by Crippen LogP contribution is -2.05. The highest BCUT2D eigenvalue weighted by Gasteiger charge is 2.26. The Morgan fingerprint density at radius 3 is 1.90 bits per heavy atom. The first-order chi connectivity index (χ1) is 29.3. The van der Waals surface area contributed by atoms with E-state index in [4.69, 9.17) is 14.4 Å². The molecule has 13 aromatic rings. The van der Waals surface area contributed by atoms with Gasteiger partial charge in [0.15, 0.2) is 0 Å². The number of benzene rings is 9. The van der Waals surface area contributed by atoms with Gasteiger partial charge in [-0.25, -0.2) is 9.97 Å². The van der Waals surface area contributed by atoms with Crippen molar-refractivity contribution in [2.24, 2.45) is 0 Å². The van der Waals surface area contributed by atoms with Crippen LogP contribution in [0.3, 0.4) is 0 Å². The summed E-state index contributed by atoms with van der Waals surface area (Å²) in [6.45, 7) is 0. The maximum Gasteiger partial charge on any atom is 0.235 e. The van der Waals surface area contributed by atoms with E-state index in [0.717, 1.165) is 99.0 Å². The highest BCUT2D eigenvalue weighted by Crippen LogP contribution is 2.46. The molecule has 0 atom stereocenters. The van der Waals surface area contributed by atoms with Crippen molar-refractivity contribution in [3.63, 3.8) is 0 Å². The minimum absolute atomic E-state index is 0.619. The van der Waals surface area contributed by atoms with Gasteiger partial charge < -0.3 is 8.98 Å². The van der Waals surface area contributed by atoms with Crippen LogP contribution in [0.5, 0.6) is 0 Å². The molecule has 4 aromatic heterocycles. The molecule has 9 aromatic carbocycles. The average molecular weight is 753 g/mol. The number of furan rings is 1. The average Bonchev–Trinajstić information content (AvgIpc) is 3.97. The van der Waals surface area contributed by atoms with Crippen LogP contribution in [0.25, 0.3) is 121 Å². The predicted octanol–water partition coefficient (Wildman–Crippen LogP) is 14.2. The molecular formula is C54H32N4O. The Balaban J connectivity index is 1.19. The van der Waals surface area contributed by atoms with Crippen LogP contribution in [-0.2, 0) is 0 Å². The van der Waals surface area contributed by atoms with Crippen LogP contribution in [0.4, 0.5) is 0 Å². The van der Waals surface area contributed by atoms with Gasteiger partial charge in [0.25, 0.3) is 0 Å². The first-order valence-electron chi connectivity index (χ1n) is 20.0. The molecule has 0 radical (unpaired) electrons. The van der Waals surface area contributed by atoms with Crippen LogP contribution < -0.4 is 0 Å². The van der Waals surface area contributed by atoms with Gasteiger partial charge in [0.2, 0.25) is 5.95 Å². The second-order valence-corrected chi connectivity index (χ2v) is 15.3. The lowest BCUT2D eigenvalue weighted by molar-refractivity contribution is 0.673. The molecule has 5 nitrogen and oxygen atoms in total. The van der Waals surface area contributed by atoms with Gasteiger partial charge in [0.1, 0.15) is 11.2 Å². The number of rotatable bonds is 4.